The maximum atomic E-state index is 10.7. The molecule has 3 N–H and O–H groups in total. The molecule has 0 aliphatic heterocycles. The summed E-state index contributed by atoms with van der Waals surface area (Å²) in [6.07, 6.45) is 1.27. The van der Waals surface area contributed by atoms with Crippen LogP contribution in [0.1, 0.15) is 19.4 Å². The Morgan fingerprint density at radius 1 is 1.57 bits per heavy atom. The minimum atomic E-state index is -0.543. The lowest BCUT2D eigenvalue weighted by atomic mass is 10.2. The number of nitro groups is 1. The number of hydrogen-bond acceptors (Lipinski definition) is 8. The van der Waals surface area contributed by atoms with Gasteiger partial charge in [-0.3, -0.25) is 10.1 Å². The lowest BCUT2D eigenvalue weighted by molar-refractivity contribution is -0.384. The average molecular weight is 336 g/mol. The zero-order valence-corrected chi connectivity index (χ0v) is 13.4. The van der Waals surface area contributed by atoms with Crippen molar-refractivity contribution in [3.8, 4) is 5.75 Å². The molecule has 0 spiro atoms. The van der Waals surface area contributed by atoms with E-state index >= 15 is 0 Å². The van der Waals surface area contributed by atoms with Crippen LogP contribution in [-0.4, -0.2) is 37.2 Å². The molecule has 0 saturated carbocycles. The summed E-state index contributed by atoms with van der Waals surface area (Å²) in [6.45, 7) is 4.21. The Hall–Kier alpha value is -2.62. The number of hydrogen-bond donors (Lipinski definition) is 3. The molecule has 0 atom stereocenters. The van der Waals surface area contributed by atoms with Gasteiger partial charge >= 0.3 is 0 Å². The highest BCUT2D eigenvalue weighted by molar-refractivity contribution is 7.99. The SMILES string of the molecule is CC(C)CSc1n[nH]c(N/N=C\c2cc([N+](=O)[O-])ccc2O)n1. The Kier molecular flexibility index (Phi) is 5.52. The molecule has 0 bridgehead atoms. The standard InChI is InChI=1S/C13H16N6O3S/c1-8(2)7-23-13-15-12(17-18-13)16-14-6-9-5-10(19(21)22)3-4-11(9)20/h3-6,8,20H,7H2,1-2H3,(H2,15,16,17,18)/b14-6-. The van der Waals surface area contributed by atoms with Crippen LogP contribution in [0.3, 0.4) is 0 Å². The van der Waals surface area contributed by atoms with Crippen LogP contribution >= 0.6 is 11.8 Å². The van der Waals surface area contributed by atoms with E-state index in [1.807, 2.05) is 0 Å². The summed E-state index contributed by atoms with van der Waals surface area (Å²) in [7, 11) is 0. The molecule has 0 unspecified atom stereocenters. The normalized spacial score (nSPS) is 11.3. The van der Waals surface area contributed by atoms with E-state index in [1.54, 1.807) is 0 Å². The molecule has 122 valence electrons. The fourth-order valence-electron chi connectivity index (χ4n) is 1.52. The number of aromatic amines is 1. The van der Waals surface area contributed by atoms with Crippen LogP contribution in [0, 0.1) is 16.0 Å². The van der Waals surface area contributed by atoms with Crippen molar-refractivity contribution in [1.29, 1.82) is 0 Å². The molecule has 1 heterocycles. The molecule has 2 rings (SSSR count). The van der Waals surface area contributed by atoms with Gasteiger partial charge in [0.05, 0.1) is 11.1 Å². The summed E-state index contributed by atoms with van der Waals surface area (Å²) < 4.78 is 0. The van der Waals surface area contributed by atoms with Crippen LogP contribution in [0.15, 0.2) is 28.5 Å². The molecule has 2 aromatic rings. The topological polar surface area (TPSA) is 129 Å². The first kappa shape index (κ1) is 16.7. The molecule has 0 aliphatic carbocycles. The zero-order chi connectivity index (χ0) is 16.8. The third-order valence-electron chi connectivity index (χ3n) is 2.61. The number of aromatic hydroxyl groups is 1. The Balaban J connectivity index is 1.99. The average Bonchev–Trinajstić information content (AvgIpc) is 2.94. The lowest BCUT2D eigenvalue weighted by Gasteiger charge is -1.99. The molecule has 0 aliphatic rings. The van der Waals surface area contributed by atoms with Crippen molar-refractivity contribution < 1.29 is 10.0 Å². The minimum Gasteiger partial charge on any atom is -0.507 e. The number of thioether (sulfide) groups is 1. The van der Waals surface area contributed by atoms with Gasteiger partial charge in [-0.05, 0) is 12.0 Å². The summed E-state index contributed by atoms with van der Waals surface area (Å²) in [6, 6.07) is 3.69. The Morgan fingerprint density at radius 2 is 2.35 bits per heavy atom. The van der Waals surface area contributed by atoms with E-state index in [4.69, 9.17) is 0 Å². The van der Waals surface area contributed by atoms with E-state index in [2.05, 4.69) is 39.6 Å². The molecular formula is C13H16N6O3S. The number of non-ortho nitro benzene ring substituents is 1. The molecule has 0 saturated heterocycles. The lowest BCUT2D eigenvalue weighted by Crippen LogP contribution is -1.94. The maximum Gasteiger partial charge on any atom is 0.270 e. The van der Waals surface area contributed by atoms with E-state index in [0.717, 1.165) is 5.75 Å². The van der Waals surface area contributed by atoms with Gasteiger partial charge in [-0.1, -0.05) is 25.6 Å². The number of nitrogens with one attached hydrogen (secondary N) is 2. The Morgan fingerprint density at radius 3 is 3.04 bits per heavy atom. The fourth-order valence-corrected chi connectivity index (χ4v) is 2.27. The number of phenols is 1. The van der Waals surface area contributed by atoms with Crippen LogP contribution in [0.25, 0.3) is 0 Å². The highest BCUT2D eigenvalue weighted by Crippen LogP contribution is 2.21. The first-order valence-electron chi connectivity index (χ1n) is 6.77. The van der Waals surface area contributed by atoms with Crippen molar-refractivity contribution >= 4 is 29.6 Å². The van der Waals surface area contributed by atoms with Crippen LogP contribution in [-0.2, 0) is 0 Å². The van der Waals surface area contributed by atoms with Crippen LogP contribution in [0.5, 0.6) is 5.75 Å². The quantitative estimate of drug-likeness (QED) is 0.307. The molecule has 0 fully saturated rings. The van der Waals surface area contributed by atoms with Crippen molar-refractivity contribution in [2.45, 2.75) is 19.0 Å². The number of nitrogens with zero attached hydrogens (tertiary/aromatic N) is 4. The first-order valence-corrected chi connectivity index (χ1v) is 7.76. The Labute approximate surface area is 136 Å². The third kappa shape index (κ3) is 4.95. The highest BCUT2D eigenvalue weighted by Gasteiger charge is 2.09. The second-order valence-corrected chi connectivity index (χ2v) is 6.03. The van der Waals surface area contributed by atoms with E-state index < -0.39 is 4.92 Å². The number of rotatable bonds is 7. The minimum absolute atomic E-state index is 0.105. The molecule has 1 aromatic carbocycles. The van der Waals surface area contributed by atoms with Crippen LogP contribution < -0.4 is 5.43 Å². The van der Waals surface area contributed by atoms with E-state index in [1.165, 1.54) is 36.2 Å². The van der Waals surface area contributed by atoms with Crippen molar-refractivity contribution in [1.82, 2.24) is 15.2 Å². The van der Waals surface area contributed by atoms with Gasteiger partial charge in [0.25, 0.3) is 5.69 Å². The van der Waals surface area contributed by atoms with Gasteiger partial charge in [-0.2, -0.15) is 10.1 Å². The largest absolute Gasteiger partial charge is 0.507 e. The van der Waals surface area contributed by atoms with Gasteiger partial charge in [0.2, 0.25) is 11.1 Å². The van der Waals surface area contributed by atoms with Gasteiger partial charge in [0.15, 0.2) is 0 Å². The van der Waals surface area contributed by atoms with Gasteiger partial charge in [-0.25, -0.2) is 10.5 Å². The van der Waals surface area contributed by atoms with E-state index in [0.29, 0.717) is 17.0 Å². The number of phenolic OH excluding ortho intramolecular Hbond substituents is 1. The van der Waals surface area contributed by atoms with E-state index in [-0.39, 0.29) is 17.0 Å². The molecule has 0 amide bonds. The molecule has 9 nitrogen and oxygen atoms in total. The van der Waals surface area contributed by atoms with Crippen molar-refractivity contribution in [2.24, 2.45) is 11.0 Å². The molecule has 10 heteroatoms. The number of H-pyrrole nitrogens is 1. The predicted octanol–water partition coefficient (Wildman–Crippen LogP) is 2.61. The summed E-state index contributed by atoms with van der Waals surface area (Å²) in [5, 5.41) is 31.6. The number of hydrazone groups is 1. The zero-order valence-electron chi connectivity index (χ0n) is 12.6. The molecule has 23 heavy (non-hydrogen) atoms. The number of anilines is 1. The van der Waals surface area contributed by atoms with Crippen molar-refractivity contribution in [2.75, 3.05) is 11.2 Å². The maximum absolute atomic E-state index is 10.7. The second kappa shape index (κ2) is 7.58. The summed E-state index contributed by atoms with van der Waals surface area (Å²) >= 11 is 1.53. The van der Waals surface area contributed by atoms with Crippen molar-refractivity contribution in [3.05, 3.63) is 33.9 Å². The third-order valence-corrected chi connectivity index (χ3v) is 3.88. The summed E-state index contributed by atoms with van der Waals surface area (Å²) in [5.74, 6) is 1.68. The predicted molar refractivity (Wildman–Crippen MR) is 87.9 cm³/mol. The number of benzene rings is 1. The second-order valence-electron chi connectivity index (χ2n) is 5.04. The fraction of sp³-hybridized carbons (Fsp3) is 0.308. The van der Waals surface area contributed by atoms with Crippen molar-refractivity contribution in [3.63, 3.8) is 0 Å². The summed E-state index contributed by atoms with van der Waals surface area (Å²) in [4.78, 5) is 14.3. The highest BCUT2D eigenvalue weighted by atomic mass is 32.2. The molecular weight excluding hydrogens is 320 g/mol. The number of aromatic nitrogens is 3. The summed E-state index contributed by atoms with van der Waals surface area (Å²) in [5.41, 5.74) is 2.72. The first-order chi connectivity index (χ1) is 11.0. The van der Waals surface area contributed by atoms with Gasteiger partial charge in [0, 0.05) is 23.4 Å². The van der Waals surface area contributed by atoms with Gasteiger partial charge in [0.1, 0.15) is 5.75 Å². The number of nitro benzene ring substituents is 1. The van der Waals surface area contributed by atoms with Gasteiger partial charge in [-0.15, -0.1) is 5.10 Å². The smallest absolute Gasteiger partial charge is 0.270 e. The molecule has 1 aromatic heterocycles. The molecule has 0 radical (unpaired) electrons. The monoisotopic (exact) mass is 336 g/mol. The van der Waals surface area contributed by atoms with Gasteiger partial charge < -0.3 is 5.11 Å². The van der Waals surface area contributed by atoms with E-state index in [9.17, 15) is 15.2 Å². The van der Waals surface area contributed by atoms with Crippen LogP contribution in [0.2, 0.25) is 0 Å². The van der Waals surface area contributed by atoms with Crippen LogP contribution in [0.4, 0.5) is 11.6 Å². The Bertz CT molecular complexity index is 715.